The normalized spacial score (nSPS) is 17.4. The standard InChI is InChI=1S/C22H37N7/c1-4-23-22(24-13-12-21-27-26-20-11-7-10-16-29(20)21)25-17-19(18(2)3)28-14-8-5-6-9-15-28/h7,10-11,16,18-19H,4-6,8-9,12-15,17H2,1-3H3,(H2,23,24,25). The molecule has 1 saturated heterocycles. The topological polar surface area (TPSA) is 69.8 Å². The summed E-state index contributed by atoms with van der Waals surface area (Å²) >= 11 is 0. The maximum atomic E-state index is 4.93. The van der Waals surface area contributed by atoms with Crippen LogP contribution in [0.1, 0.15) is 52.3 Å². The Morgan fingerprint density at radius 1 is 1.10 bits per heavy atom. The first-order valence-electron chi connectivity index (χ1n) is 11.2. The highest BCUT2D eigenvalue weighted by atomic mass is 15.3. The molecule has 7 heteroatoms. The van der Waals surface area contributed by atoms with Gasteiger partial charge in [0.2, 0.25) is 0 Å². The number of pyridine rings is 1. The molecule has 7 nitrogen and oxygen atoms in total. The summed E-state index contributed by atoms with van der Waals surface area (Å²) < 4.78 is 2.04. The summed E-state index contributed by atoms with van der Waals surface area (Å²) in [6.45, 7) is 11.6. The molecule has 0 aliphatic carbocycles. The molecule has 2 aromatic rings. The fourth-order valence-corrected chi connectivity index (χ4v) is 4.06. The van der Waals surface area contributed by atoms with Crippen molar-refractivity contribution in [3.05, 3.63) is 30.2 Å². The van der Waals surface area contributed by atoms with Gasteiger partial charge in [-0.15, -0.1) is 10.2 Å². The number of hydrogen-bond donors (Lipinski definition) is 2. The number of fused-ring (bicyclic) bond motifs is 1. The molecule has 0 amide bonds. The van der Waals surface area contributed by atoms with E-state index in [1.165, 1.54) is 38.8 Å². The number of aliphatic imine (C=N–C) groups is 1. The Hall–Kier alpha value is -2.15. The average molecular weight is 400 g/mol. The van der Waals surface area contributed by atoms with E-state index in [9.17, 15) is 0 Å². The minimum Gasteiger partial charge on any atom is -0.357 e. The summed E-state index contributed by atoms with van der Waals surface area (Å²) in [5.41, 5.74) is 0.889. The van der Waals surface area contributed by atoms with Crippen molar-refractivity contribution in [2.45, 2.75) is 58.9 Å². The SMILES string of the molecule is CCNC(=NCC(C(C)C)N1CCCCCC1)NCCc1nnc2ccccn12. The van der Waals surface area contributed by atoms with Crippen molar-refractivity contribution in [2.24, 2.45) is 10.9 Å². The Morgan fingerprint density at radius 3 is 2.62 bits per heavy atom. The first kappa shape index (κ1) is 21.6. The zero-order chi connectivity index (χ0) is 20.5. The van der Waals surface area contributed by atoms with Crippen LogP contribution in [0, 0.1) is 5.92 Å². The molecule has 0 aromatic carbocycles. The molecule has 160 valence electrons. The third-order valence-electron chi connectivity index (χ3n) is 5.69. The number of nitrogens with zero attached hydrogens (tertiary/aromatic N) is 5. The van der Waals surface area contributed by atoms with Crippen molar-refractivity contribution in [1.29, 1.82) is 0 Å². The van der Waals surface area contributed by atoms with Gasteiger partial charge >= 0.3 is 0 Å². The molecule has 1 aliphatic rings. The monoisotopic (exact) mass is 399 g/mol. The predicted octanol–water partition coefficient (Wildman–Crippen LogP) is 2.73. The molecule has 2 aromatic heterocycles. The molecule has 1 fully saturated rings. The first-order valence-corrected chi connectivity index (χ1v) is 11.2. The predicted molar refractivity (Wildman–Crippen MR) is 119 cm³/mol. The van der Waals surface area contributed by atoms with E-state index >= 15 is 0 Å². The second-order valence-corrected chi connectivity index (χ2v) is 8.20. The number of aromatic nitrogens is 3. The fourth-order valence-electron chi connectivity index (χ4n) is 4.06. The third kappa shape index (κ3) is 6.16. The van der Waals surface area contributed by atoms with Crippen LogP contribution in [0.15, 0.2) is 29.4 Å². The summed E-state index contributed by atoms with van der Waals surface area (Å²) in [7, 11) is 0. The van der Waals surface area contributed by atoms with Crippen molar-refractivity contribution in [3.8, 4) is 0 Å². The summed E-state index contributed by atoms with van der Waals surface area (Å²) in [4.78, 5) is 7.59. The van der Waals surface area contributed by atoms with E-state index in [1.54, 1.807) is 0 Å². The fraction of sp³-hybridized carbons (Fsp3) is 0.682. The van der Waals surface area contributed by atoms with Gasteiger partial charge in [-0.3, -0.25) is 14.3 Å². The molecule has 1 unspecified atom stereocenters. The Bertz CT molecular complexity index is 759. The maximum absolute atomic E-state index is 4.93. The summed E-state index contributed by atoms with van der Waals surface area (Å²) in [6.07, 6.45) is 8.18. The summed E-state index contributed by atoms with van der Waals surface area (Å²) in [6, 6.07) is 6.47. The van der Waals surface area contributed by atoms with Crippen LogP contribution in [0.3, 0.4) is 0 Å². The lowest BCUT2D eigenvalue weighted by Crippen LogP contribution is -2.44. The molecule has 0 saturated carbocycles. The number of guanidine groups is 1. The van der Waals surface area contributed by atoms with Crippen molar-refractivity contribution < 1.29 is 0 Å². The second kappa shape index (κ2) is 11.1. The van der Waals surface area contributed by atoms with Gasteiger partial charge < -0.3 is 10.6 Å². The first-order chi connectivity index (χ1) is 14.2. The zero-order valence-electron chi connectivity index (χ0n) is 18.3. The van der Waals surface area contributed by atoms with E-state index < -0.39 is 0 Å². The third-order valence-corrected chi connectivity index (χ3v) is 5.69. The van der Waals surface area contributed by atoms with E-state index in [-0.39, 0.29) is 0 Å². The van der Waals surface area contributed by atoms with Crippen LogP contribution >= 0.6 is 0 Å². The van der Waals surface area contributed by atoms with Gasteiger partial charge in [0, 0.05) is 31.7 Å². The minimum atomic E-state index is 0.504. The van der Waals surface area contributed by atoms with Crippen molar-refractivity contribution in [2.75, 3.05) is 32.7 Å². The van der Waals surface area contributed by atoms with Gasteiger partial charge in [-0.25, -0.2) is 0 Å². The summed E-state index contributed by atoms with van der Waals surface area (Å²) in [5, 5.41) is 15.4. The smallest absolute Gasteiger partial charge is 0.191 e. The highest BCUT2D eigenvalue weighted by Gasteiger charge is 2.22. The molecule has 0 bridgehead atoms. The molecule has 29 heavy (non-hydrogen) atoms. The van der Waals surface area contributed by atoms with Crippen LogP contribution in [0.25, 0.3) is 5.65 Å². The van der Waals surface area contributed by atoms with Crippen molar-refractivity contribution >= 4 is 11.6 Å². The van der Waals surface area contributed by atoms with Crippen LogP contribution in [-0.2, 0) is 6.42 Å². The minimum absolute atomic E-state index is 0.504. The highest BCUT2D eigenvalue weighted by molar-refractivity contribution is 5.79. The van der Waals surface area contributed by atoms with Crippen LogP contribution in [0.5, 0.6) is 0 Å². The Morgan fingerprint density at radius 2 is 1.90 bits per heavy atom. The van der Waals surface area contributed by atoms with E-state index in [2.05, 4.69) is 46.5 Å². The van der Waals surface area contributed by atoms with Crippen LogP contribution in [-0.4, -0.2) is 64.2 Å². The van der Waals surface area contributed by atoms with E-state index in [0.29, 0.717) is 12.0 Å². The lowest BCUT2D eigenvalue weighted by Gasteiger charge is -2.32. The lowest BCUT2D eigenvalue weighted by atomic mass is 10.0. The van der Waals surface area contributed by atoms with Gasteiger partial charge in [0.05, 0.1) is 6.54 Å². The molecule has 1 atom stereocenters. The molecule has 3 heterocycles. The van der Waals surface area contributed by atoms with E-state index in [4.69, 9.17) is 4.99 Å². The van der Waals surface area contributed by atoms with Crippen LogP contribution in [0.4, 0.5) is 0 Å². The largest absolute Gasteiger partial charge is 0.357 e. The Balaban J connectivity index is 1.57. The molecular formula is C22H37N7. The number of hydrogen-bond acceptors (Lipinski definition) is 4. The molecule has 0 spiro atoms. The molecular weight excluding hydrogens is 362 g/mol. The zero-order valence-corrected chi connectivity index (χ0v) is 18.3. The highest BCUT2D eigenvalue weighted by Crippen LogP contribution is 2.17. The van der Waals surface area contributed by atoms with Gasteiger partial charge in [0.1, 0.15) is 5.82 Å². The maximum Gasteiger partial charge on any atom is 0.191 e. The van der Waals surface area contributed by atoms with E-state index in [1.807, 2.05) is 28.8 Å². The molecule has 2 N–H and O–H groups in total. The molecule has 1 aliphatic heterocycles. The van der Waals surface area contributed by atoms with Gasteiger partial charge in [0.25, 0.3) is 0 Å². The van der Waals surface area contributed by atoms with Gasteiger partial charge in [-0.1, -0.05) is 32.8 Å². The van der Waals surface area contributed by atoms with E-state index in [0.717, 1.165) is 43.5 Å². The summed E-state index contributed by atoms with van der Waals surface area (Å²) in [5.74, 6) is 2.46. The van der Waals surface area contributed by atoms with Crippen molar-refractivity contribution in [3.63, 3.8) is 0 Å². The number of nitrogens with one attached hydrogen (secondary N) is 2. The van der Waals surface area contributed by atoms with Crippen LogP contribution < -0.4 is 10.6 Å². The van der Waals surface area contributed by atoms with Gasteiger partial charge in [0.15, 0.2) is 11.6 Å². The molecule has 3 rings (SSSR count). The Kier molecular flexibility index (Phi) is 8.28. The Labute approximate surface area is 175 Å². The number of rotatable bonds is 8. The second-order valence-electron chi connectivity index (χ2n) is 8.20. The quantitative estimate of drug-likeness (QED) is 0.528. The van der Waals surface area contributed by atoms with Crippen molar-refractivity contribution in [1.82, 2.24) is 30.1 Å². The molecule has 0 radical (unpaired) electrons. The average Bonchev–Trinajstić information content (AvgIpc) is 2.93. The van der Waals surface area contributed by atoms with Gasteiger partial charge in [-0.05, 0) is 50.9 Å². The lowest BCUT2D eigenvalue weighted by molar-refractivity contribution is 0.166. The number of likely N-dealkylation sites (tertiary alicyclic amines) is 1. The van der Waals surface area contributed by atoms with Gasteiger partial charge in [-0.2, -0.15) is 0 Å². The van der Waals surface area contributed by atoms with Crippen LogP contribution in [0.2, 0.25) is 0 Å².